The Morgan fingerprint density at radius 2 is 1.93 bits per heavy atom. The molecule has 0 aliphatic carbocycles. The molecule has 2 N–H and O–H groups in total. The van der Waals surface area contributed by atoms with Gasteiger partial charge in [-0.15, -0.1) is 0 Å². The molecule has 1 aromatic heterocycles. The molecule has 0 radical (unpaired) electrons. The number of amides is 1. The van der Waals surface area contributed by atoms with Crippen molar-refractivity contribution in [1.29, 1.82) is 0 Å². The summed E-state index contributed by atoms with van der Waals surface area (Å²) in [5.74, 6) is 0.175. The molecule has 2 heterocycles. The highest BCUT2D eigenvalue weighted by molar-refractivity contribution is 5.79. The predicted octanol–water partition coefficient (Wildman–Crippen LogP) is 2.39. The minimum Gasteiger partial charge on any atom is -0.378 e. The van der Waals surface area contributed by atoms with Crippen LogP contribution < -0.4 is 5.73 Å². The quantitative estimate of drug-likeness (QED) is 0.760. The van der Waals surface area contributed by atoms with Crippen LogP contribution in [-0.2, 0) is 16.0 Å². The van der Waals surface area contributed by atoms with Gasteiger partial charge in [0.25, 0.3) is 0 Å². The largest absolute Gasteiger partial charge is 0.378 e. The van der Waals surface area contributed by atoms with Gasteiger partial charge in [0.15, 0.2) is 0 Å². The second kappa shape index (κ2) is 9.15. The molecule has 0 spiro atoms. The predicted molar refractivity (Wildman–Crippen MR) is 106 cm³/mol. The lowest BCUT2D eigenvalue weighted by molar-refractivity contribution is -0.133. The molecule has 146 valence electrons. The van der Waals surface area contributed by atoms with Crippen LogP contribution in [0.3, 0.4) is 0 Å². The number of benzene rings is 1. The third kappa shape index (κ3) is 4.76. The zero-order valence-electron chi connectivity index (χ0n) is 16.4. The summed E-state index contributed by atoms with van der Waals surface area (Å²) in [6.45, 7) is 6.91. The number of hydrogen-bond acceptors (Lipinski definition) is 4. The Labute approximate surface area is 161 Å². The number of ether oxygens (including phenoxy) is 1. The SMILES string of the molecule is Cc1nn(-c2ccccc2)c(C)c1CC(=O)N1CCC(OCCCN)CC1. The molecule has 0 atom stereocenters. The Morgan fingerprint density at radius 1 is 1.22 bits per heavy atom. The van der Waals surface area contributed by atoms with Crippen LogP contribution in [0.25, 0.3) is 5.69 Å². The highest BCUT2D eigenvalue weighted by Crippen LogP contribution is 2.20. The van der Waals surface area contributed by atoms with Gasteiger partial charge < -0.3 is 15.4 Å². The summed E-state index contributed by atoms with van der Waals surface area (Å²) in [5, 5.41) is 4.65. The Kier molecular flexibility index (Phi) is 6.63. The number of aromatic nitrogens is 2. The molecule has 27 heavy (non-hydrogen) atoms. The van der Waals surface area contributed by atoms with Gasteiger partial charge in [0, 0.05) is 31.0 Å². The van der Waals surface area contributed by atoms with Crippen LogP contribution in [0.5, 0.6) is 0 Å². The van der Waals surface area contributed by atoms with Crippen LogP contribution in [0, 0.1) is 13.8 Å². The van der Waals surface area contributed by atoms with Gasteiger partial charge in [-0.1, -0.05) is 18.2 Å². The van der Waals surface area contributed by atoms with Crippen molar-refractivity contribution >= 4 is 5.91 Å². The average molecular weight is 370 g/mol. The molecule has 6 nitrogen and oxygen atoms in total. The molecule has 0 bridgehead atoms. The van der Waals surface area contributed by atoms with E-state index >= 15 is 0 Å². The van der Waals surface area contributed by atoms with E-state index in [0.717, 1.165) is 55.0 Å². The molecule has 1 amide bonds. The van der Waals surface area contributed by atoms with Crippen molar-refractivity contribution in [3.63, 3.8) is 0 Å². The normalized spacial score (nSPS) is 15.3. The summed E-state index contributed by atoms with van der Waals surface area (Å²) in [7, 11) is 0. The van der Waals surface area contributed by atoms with E-state index in [4.69, 9.17) is 10.5 Å². The van der Waals surface area contributed by atoms with E-state index in [2.05, 4.69) is 5.10 Å². The molecule has 1 aliphatic heterocycles. The number of rotatable bonds is 7. The van der Waals surface area contributed by atoms with E-state index in [0.29, 0.717) is 19.6 Å². The molecule has 2 aromatic rings. The number of nitrogens with zero attached hydrogens (tertiary/aromatic N) is 3. The van der Waals surface area contributed by atoms with Gasteiger partial charge in [-0.05, 0) is 51.8 Å². The second-order valence-corrected chi connectivity index (χ2v) is 7.17. The maximum absolute atomic E-state index is 12.8. The summed E-state index contributed by atoms with van der Waals surface area (Å²) in [6.07, 6.45) is 3.35. The molecule has 3 rings (SSSR count). The number of piperidine rings is 1. The van der Waals surface area contributed by atoms with Crippen LogP contribution in [0.1, 0.15) is 36.2 Å². The van der Waals surface area contributed by atoms with Gasteiger partial charge in [-0.25, -0.2) is 4.68 Å². The zero-order chi connectivity index (χ0) is 19.2. The number of carbonyl (C=O) groups is 1. The number of hydrogen-bond donors (Lipinski definition) is 1. The topological polar surface area (TPSA) is 73.4 Å². The van der Waals surface area contributed by atoms with E-state index in [9.17, 15) is 4.79 Å². The zero-order valence-corrected chi connectivity index (χ0v) is 16.4. The second-order valence-electron chi connectivity index (χ2n) is 7.17. The standard InChI is InChI=1S/C21H30N4O2/c1-16-20(17(2)25(23-16)18-7-4-3-5-8-18)15-21(26)24-12-9-19(10-13-24)27-14-6-11-22/h3-5,7-8,19H,6,9-15,22H2,1-2H3. The van der Waals surface area contributed by atoms with Gasteiger partial charge in [-0.2, -0.15) is 5.10 Å². The fraction of sp³-hybridized carbons (Fsp3) is 0.524. The number of likely N-dealkylation sites (tertiary alicyclic amines) is 1. The maximum Gasteiger partial charge on any atom is 0.227 e. The van der Waals surface area contributed by atoms with Crippen LogP contribution in [-0.4, -0.2) is 52.9 Å². The average Bonchev–Trinajstić information content (AvgIpc) is 2.97. The minimum absolute atomic E-state index is 0.175. The molecule has 1 fully saturated rings. The number of carbonyl (C=O) groups excluding carboxylic acids is 1. The molecule has 0 unspecified atom stereocenters. The summed E-state index contributed by atoms with van der Waals surface area (Å²) >= 11 is 0. The first-order chi connectivity index (χ1) is 13.1. The van der Waals surface area contributed by atoms with Crippen molar-refractivity contribution in [1.82, 2.24) is 14.7 Å². The van der Waals surface area contributed by atoms with Gasteiger partial charge in [0.2, 0.25) is 5.91 Å². The fourth-order valence-corrected chi connectivity index (χ4v) is 3.62. The van der Waals surface area contributed by atoms with Crippen molar-refractivity contribution in [3.8, 4) is 5.69 Å². The molecule has 0 saturated carbocycles. The van der Waals surface area contributed by atoms with Gasteiger partial charge in [0.05, 0.1) is 23.9 Å². The third-order valence-corrected chi connectivity index (χ3v) is 5.27. The summed E-state index contributed by atoms with van der Waals surface area (Å²) in [6, 6.07) is 10.0. The van der Waals surface area contributed by atoms with Crippen molar-refractivity contribution in [2.24, 2.45) is 5.73 Å². The van der Waals surface area contributed by atoms with Crippen LogP contribution in [0.4, 0.5) is 0 Å². The smallest absolute Gasteiger partial charge is 0.227 e. The lowest BCUT2D eigenvalue weighted by Crippen LogP contribution is -2.41. The highest BCUT2D eigenvalue weighted by Gasteiger charge is 2.25. The molecule has 1 aliphatic rings. The van der Waals surface area contributed by atoms with E-state index in [1.54, 1.807) is 0 Å². The van der Waals surface area contributed by atoms with Crippen molar-refractivity contribution in [3.05, 3.63) is 47.3 Å². The summed E-state index contributed by atoms with van der Waals surface area (Å²) in [5.41, 5.74) is 9.51. The number of para-hydroxylation sites is 1. The maximum atomic E-state index is 12.8. The van der Waals surface area contributed by atoms with E-state index in [1.807, 2.05) is 53.8 Å². The lowest BCUT2D eigenvalue weighted by atomic mass is 10.0. The Balaban J connectivity index is 1.60. The first-order valence-electron chi connectivity index (χ1n) is 9.80. The molecule has 1 saturated heterocycles. The lowest BCUT2D eigenvalue weighted by Gasteiger charge is -2.32. The Hall–Kier alpha value is -2.18. The Morgan fingerprint density at radius 3 is 2.59 bits per heavy atom. The van der Waals surface area contributed by atoms with Gasteiger partial charge in [0.1, 0.15) is 0 Å². The minimum atomic E-state index is 0.175. The highest BCUT2D eigenvalue weighted by atomic mass is 16.5. The number of nitrogens with two attached hydrogens (primary N) is 1. The molecule has 6 heteroatoms. The fourth-order valence-electron chi connectivity index (χ4n) is 3.62. The van der Waals surface area contributed by atoms with Crippen LogP contribution >= 0.6 is 0 Å². The third-order valence-electron chi connectivity index (χ3n) is 5.27. The van der Waals surface area contributed by atoms with E-state index < -0.39 is 0 Å². The summed E-state index contributed by atoms with van der Waals surface area (Å²) < 4.78 is 7.76. The molecular formula is C21H30N4O2. The van der Waals surface area contributed by atoms with Crippen molar-refractivity contribution in [2.45, 2.75) is 45.6 Å². The van der Waals surface area contributed by atoms with Crippen molar-refractivity contribution in [2.75, 3.05) is 26.2 Å². The Bertz CT molecular complexity index is 749. The first kappa shape index (κ1) is 19.6. The van der Waals surface area contributed by atoms with Crippen LogP contribution in [0.2, 0.25) is 0 Å². The van der Waals surface area contributed by atoms with Gasteiger partial charge in [-0.3, -0.25) is 4.79 Å². The van der Waals surface area contributed by atoms with E-state index in [1.165, 1.54) is 0 Å². The van der Waals surface area contributed by atoms with E-state index in [-0.39, 0.29) is 12.0 Å². The van der Waals surface area contributed by atoms with Crippen molar-refractivity contribution < 1.29 is 9.53 Å². The first-order valence-corrected chi connectivity index (χ1v) is 9.80. The molecule has 1 aromatic carbocycles. The molecular weight excluding hydrogens is 340 g/mol. The summed E-state index contributed by atoms with van der Waals surface area (Å²) in [4.78, 5) is 14.8. The van der Waals surface area contributed by atoms with Crippen LogP contribution in [0.15, 0.2) is 30.3 Å². The van der Waals surface area contributed by atoms with Gasteiger partial charge >= 0.3 is 0 Å². The number of aryl methyl sites for hydroxylation is 1. The monoisotopic (exact) mass is 370 g/mol.